The Labute approximate surface area is 192 Å². The quantitative estimate of drug-likeness (QED) is 0.555. The number of nitrogens with zero attached hydrogens (tertiary/aromatic N) is 3. The van der Waals surface area contributed by atoms with E-state index in [1.54, 1.807) is 31.4 Å². The van der Waals surface area contributed by atoms with E-state index in [9.17, 15) is 14.4 Å². The van der Waals surface area contributed by atoms with Crippen LogP contribution in [0, 0.1) is 6.92 Å². The monoisotopic (exact) mass is 472 g/mol. The highest BCUT2D eigenvalue weighted by atomic mass is 32.2. The lowest BCUT2D eigenvalue weighted by Crippen LogP contribution is -2.27. The van der Waals surface area contributed by atoms with E-state index >= 15 is 0 Å². The van der Waals surface area contributed by atoms with Crippen LogP contribution in [0.4, 0.5) is 10.5 Å². The molecular weight excluding hydrogens is 452 g/mol. The Balaban J connectivity index is 1.53. The van der Waals surface area contributed by atoms with Crippen LogP contribution in [0.25, 0.3) is 10.2 Å². The van der Waals surface area contributed by atoms with Crippen molar-refractivity contribution in [3.8, 4) is 5.88 Å². The van der Waals surface area contributed by atoms with Gasteiger partial charge in [0.2, 0.25) is 11.8 Å². The summed E-state index contributed by atoms with van der Waals surface area (Å²) in [5.41, 5.74) is 2.14. The molecule has 2 aromatic heterocycles. The summed E-state index contributed by atoms with van der Waals surface area (Å²) in [6, 6.07) is 7.04. The van der Waals surface area contributed by atoms with E-state index in [1.165, 1.54) is 23.3 Å². The van der Waals surface area contributed by atoms with Crippen LogP contribution in [-0.2, 0) is 22.7 Å². The summed E-state index contributed by atoms with van der Waals surface area (Å²) >= 11 is 2.27. The molecule has 0 unspecified atom stereocenters. The van der Waals surface area contributed by atoms with E-state index in [1.807, 2.05) is 6.92 Å². The van der Waals surface area contributed by atoms with Gasteiger partial charge in [-0.25, -0.2) is 4.98 Å². The number of benzene rings is 1. The minimum Gasteiger partial charge on any atom is -0.480 e. The second-order valence-electron chi connectivity index (χ2n) is 7.00. The number of hydrogen-bond donors (Lipinski definition) is 1. The number of anilines is 1. The lowest BCUT2D eigenvalue weighted by Gasteiger charge is -2.13. The summed E-state index contributed by atoms with van der Waals surface area (Å²) in [5, 5.41) is 3.35. The maximum atomic E-state index is 12.9. The Bertz CT molecular complexity index is 1190. The summed E-state index contributed by atoms with van der Waals surface area (Å²) in [5.74, 6) is 0.612. The van der Waals surface area contributed by atoms with Gasteiger partial charge in [0.25, 0.3) is 11.1 Å². The summed E-state index contributed by atoms with van der Waals surface area (Å²) in [4.78, 5) is 47.7. The number of methoxy groups -OCH3 is 2. The van der Waals surface area contributed by atoms with Crippen molar-refractivity contribution in [3.63, 3.8) is 0 Å². The molecule has 0 saturated carbocycles. The van der Waals surface area contributed by atoms with Gasteiger partial charge < -0.3 is 14.8 Å². The van der Waals surface area contributed by atoms with Gasteiger partial charge in [-0.15, -0.1) is 11.3 Å². The summed E-state index contributed by atoms with van der Waals surface area (Å²) in [6.07, 6.45) is 0. The first-order valence-electron chi connectivity index (χ1n) is 9.61. The number of rotatable bonds is 7. The van der Waals surface area contributed by atoms with E-state index in [-0.39, 0.29) is 36.0 Å². The fourth-order valence-corrected chi connectivity index (χ4v) is 5.11. The molecule has 3 heterocycles. The van der Waals surface area contributed by atoms with Crippen LogP contribution in [0.5, 0.6) is 5.88 Å². The molecule has 0 bridgehead atoms. The Morgan fingerprint density at radius 3 is 2.56 bits per heavy atom. The average Bonchev–Trinajstić information content (AvgIpc) is 3.28. The van der Waals surface area contributed by atoms with Gasteiger partial charge in [-0.1, -0.05) is 23.9 Å². The van der Waals surface area contributed by atoms with Crippen LogP contribution < -0.4 is 10.1 Å². The average molecular weight is 473 g/mol. The number of carbonyl (C=O) groups excluding carboxylic acids is 3. The highest BCUT2D eigenvalue weighted by Gasteiger charge is 2.29. The first kappa shape index (κ1) is 22.2. The molecule has 32 heavy (non-hydrogen) atoms. The molecule has 1 N–H and O–H groups in total. The van der Waals surface area contributed by atoms with Crippen LogP contribution in [-0.4, -0.2) is 51.9 Å². The zero-order chi connectivity index (χ0) is 22.8. The van der Waals surface area contributed by atoms with E-state index in [0.29, 0.717) is 32.5 Å². The van der Waals surface area contributed by atoms with E-state index in [2.05, 4.69) is 15.3 Å². The summed E-state index contributed by atoms with van der Waals surface area (Å²) in [7, 11) is 3.09. The molecule has 3 aromatic rings. The van der Waals surface area contributed by atoms with Crippen molar-refractivity contribution in [2.75, 3.05) is 25.3 Å². The second-order valence-corrected chi connectivity index (χ2v) is 8.93. The zero-order valence-corrected chi connectivity index (χ0v) is 19.3. The molecule has 11 heteroatoms. The topological polar surface area (TPSA) is 111 Å². The van der Waals surface area contributed by atoms with Gasteiger partial charge in [0.05, 0.1) is 29.7 Å². The maximum absolute atomic E-state index is 12.9. The SMILES string of the molecule is COCc1nc(OC)c2c(C)c(C(=O)Nc3ccc(CN4C(=O)CSC4=O)cc3)sc2n1. The van der Waals surface area contributed by atoms with Crippen LogP contribution in [0.1, 0.15) is 26.6 Å². The lowest BCUT2D eigenvalue weighted by molar-refractivity contribution is -0.125. The normalized spacial score (nSPS) is 13.8. The second kappa shape index (κ2) is 9.23. The summed E-state index contributed by atoms with van der Waals surface area (Å²) < 4.78 is 10.5. The van der Waals surface area contributed by atoms with Gasteiger partial charge in [0.15, 0.2) is 5.82 Å². The third-order valence-corrected chi connectivity index (χ3v) is 6.91. The molecule has 1 aliphatic heterocycles. The van der Waals surface area contributed by atoms with Gasteiger partial charge in [-0.05, 0) is 30.2 Å². The predicted molar refractivity (Wildman–Crippen MR) is 122 cm³/mol. The minimum absolute atomic E-state index is 0.184. The van der Waals surface area contributed by atoms with Crippen LogP contribution in [0.3, 0.4) is 0 Å². The standard InChI is InChI=1S/C21H20N4O5S2/c1-11-16-19(30-3)23-14(9-29-2)24-20(16)32-17(11)18(27)22-13-6-4-12(5-7-13)8-25-15(26)10-31-21(25)28/h4-7H,8-10H2,1-3H3,(H,22,27). The first-order valence-corrected chi connectivity index (χ1v) is 11.4. The fourth-order valence-electron chi connectivity index (χ4n) is 3.30. The molecule has 1 saturated heterocycles. The molecule has 3 amide bonds. The van der Waals surface area contributed by atoms with Gasteiger partial charge in [0.1, 0.15) is 11.4 Å². The highest BCUT2D eigenvalue weighted by molar-refractivity contribution is 8.14. The first-order chi connectivity index (χ1) is 15.4. The van der Waals surface area contributed by atoms with Crippen molar-refractivity contribution >= 4 is 56.1 Å². The molecule has 1 fully saturated rings. The number of thiophene rings is 1. The number of carbonyl (C=O) groups is 3. The number of nitrogens with one attached hydrogen (secondary N) is 1. The molecule has 1 aromatic carbocycles. The Morgan fingerprint density at radius 2 is 1.94 bits per heavy atom. The van der Waals surface area contributed by atoms with Crippen molar-refractivity contribution in [1.82, 2.24) is 14.9 Å². The summed E-state index contributed by atoms with van der Waals surface area (Å²) in [6.45, 7) is 2.29. The van der Waals surface area contributed by atoms with Crippen molar-refractivity contribution in [3.05, 3.63) is 46.1 Å². The van der Waals surface area contributed by atoms with Gasteiger partial charge in [0, 0.05) is 12.8 Å². The minimum atomic E-state index is -0.269. The molecule has 4 rings (SSSR count). The van der Waals surface area contributed by atoms with E-state index < -0.39 is 0 Å². The smallest absolute Gasteiger partial charge is 0.289 e. The van der Waals surface area contributed by atoms with E-state index in [0.717, 1.165) is 22.9 Å². The number of thioether (sulfide) groups is 1. The van der Waals surface area contributed by atoms with Gasteiger partial charge >= 0.3 is 0 Å². The molecule has 0 aliphatic carbocycles. The van der Waals surface area contributed by atoms with Crippen molar-refractivity contribution in [2.45, 2.75) is 20.1 Å². The highest BCUT2D eigenvalue weighted by Crippen LogP contribution is 2.35. The number of imide groups is 1. The number of aryl methyl sites for hydroxylation is 1. The number of hydrogen-bond acceptors (Lipinski definition) is 9. The molecule has 0 atom stereocenters. The number of amides is 3. The molecule has 0 radical (unpaired) electrons. The van der Waals surface area contributed by atoms with Crippen LogP contribution in [0.15, 0.2) is 24.3 Å². The largest absolute Gasteiger partial charge is 0.480 e. The molecule has 166 valence electrons. The molecule has 9 nitrogen and oxygen atoms in total. The molecular formula is C21H20N4O5S2. The van der Waals surface area contributed by atoms with Crippen molar-refractivity contribution in [2.24, 2.45) is 0 Å². The lowest BCUT2D eigenvalue weighted by atomic mass is 10.1. The molecule has 1 aliphatic rings. The molecule has 0 spiro atoms. The number of aromatic nitrogens is 2. The number of ether oxygens (including phenoxy) is 2. The van der Waals surface area contributed by atoms with Gasteiger partial charge in [-0.3, -0.25) is 19.3 Å². The fraction of sp³-hybridized carbons (Fsp3) is 0.286. The van der Waals surface area contributed by atoms with Crippen molar-refractivity contribution in [1.29, 1.82) is 0 Å². The van der Waals surface area contributed by atoms with Crippen LogP contribution >= 0.6 is 23.1 Å². The van der Waals surface area contributed by atoms with Crippen molar-refractivity contribution < 1.29 is 23.9 Å². The third kappa shape index (κ3) is 4.31. The Morgan fingerprint density at radius 1 is 1.19 bits per heavy atom. The van der Waals surface area contributed by atoms with Gasteiger partial charge in [-0.2, -0.15) is 4.98 Å². The maximum Gasteiger partial charge on any atom is 0.289 e. The third-order valence-electron chi connectivity index (χ3n) is 4.87. The van der Waals surface area contributed by atoms with Crippen LogP contribution in [0.2, 0.25) is 0 Å². The Hall–Kier alpha value is -3.02. The Kier molecular flexibility index (Phi) is 6.40. The predicted octanol–water partition coefficient (Wildman–Crippen LogP) is 3.60. The number of fused-ring (bicyclic) bond motifs is 1. The zero-order valence-electron chi connectivity index (χ0n) is 17.6. The van der Waals surface area contributed by atoms with E-state index in [4.69, 9.17) is 9.47 Å².